The number of ether oxygens (including phenoxy) is 1. The Balaban J connectivity index is 2.18. The molecule has 0 aliphatic heterocycles. The van der Waals surface area contributed by atoms with Crippen LogP contribution in [-0.4, -0.2) is 23.3 Å². The van der Waals surface area contributed by atoms with E-state index in [2.05, 4.69) is 4.98 Å². The van der Waals surface area contributed by atoms with Gasteiger partial charge in [-0.2, -0.15) is 0 Å². The van der Waals surface area contributed by atoms with E-state index in [1.54, 1.807) is 42.3 Å². The molecular weight excluding hydrogens is 218 g/mol. The van der Waals surface area contributed by atoms with Gasteiger partial charge in [0.15, 0.2) is 0 Å². The molecule has 1 aromatic heterocycles. The predicted octanol–water partition coefficient (Wildman–Crippen LogP) is 2.35. The van der Waals surface area contributed by atoms with Crippen LogP contribution in [0.5, 0.6) is 0 Å². The minimum Gasteiger partial charge on any atom is -0.463 e. The molecule has 0 aromatic carbocycles. The van der Waals surface area contributed by atoms with Gasteiger partial charge >= 0.3 is 5.97 Å². The second-order valence-corrected chi connectivity index (χ2v) is 4.43. The fraction of sp³-hybridized carbons (Fsp3) is 0.333. The summed E-state index contributed by atoms with van der Waals surface area (Å²) >= 11 is 3.19. The van der Waals surface area contributed by atoms with Crippen molar-refractivity contribution in [2.45, 2.75) is 11.3 Å². The quantitative estimate of drug-likeness (QED) is 0.441. The molecule has 0 saturated carbocycles. The molecule has 1 rings (SSSR count). The van der Waals surface area contributed by atoms with Gasteiger partial charge in [-0.25, -0.2) is 9.78 Å². The molecule has 0 saturated heterocycles. The summed E-state index contributed by atoms with van der Waals surface area (Å²) in [5.41, 5.74) is 0. The largest absolute Gasteiger partial charge is 0.463 e. The van der Waals surface area contributed by atoms with Crippen LogP contribution in [-0.2, 0) is 9.53 Å². The molecular formula is C9H11NO2S2. The van der Waals surface area contributed by atoms with Gasteiger partial charge in [0.25, 0.3) is 0 Å². The highest BCUT2D eigenvalue weighted by Gasteiger charge is 1.95. The Kier molecular flexibility index (Phi) is 5.32. The second kappa shape index (κ2) is 6.62. The molecule has 1 aromatic rings. The number of esters is 1. The molecule has 5 heteroatoms. The SMILES string of the molecule is CCOC(=O)/C=C/CSc1nccs1. The maximum absolute atomic E-state index is 10.9. The van der Waals surface area contributed by atoms with Gasteiger partial charge in [-0.3, -0.25) is 0 Å². The molecule has 0 unspecified atom stereocenters. The van der Waals surface area contributed by atoms with E-state index in [1.165, 1.54) is 6.08 Å². The molecule has 0 N–H and O–H groups in total. The molecule has 0 aliphatic carbocycles. The fourth-order valence-electron chi connectivity index (χ4n) is 0.736. The van der Waals surface area contributed by atoms with Crippen LogP contribution in [0.1, 0.15) is 6.92 Å². The average molecular weight is 229 g/mol. The minimum atomic E-state index is -0.285. The van der Waals surface area contributed by atoms with Gasteiger partial charge in [-0.05, 0) is 6.92 Å². The first kappa shape index (κ1) is 11.3. The monoisotopic (exact) mass is 229 g/mol. The van der Waals surface area contributed by atoms with E-state index in [1.807, 2.05) is 5.38 Å². The zero-order valence-corrected chi connectivity index (χ0v) is 9.44. The molecule has 0 atom stereocenters. The Morgan fingerprint density at radius 3 is 3.29 bits per heavy atom. The van der Waals surface area contributed by atoms with Crippen LogP contribution in [0.3, 0.4) is 0 Å². The Morgan fingerprint density at radius 2 is 2.64 bits per heavy atom. The molecule has 0 amide bonds. The normalized spacial score (nSPS) is 10.6. The maximum atomic E-state index is 10.9. The zero-order chi connectivity index (χ0) is 10.2. The summed E-state index contributed by atoms with van der Waals surface area (Å²) in [6, 6.07) is 0. The van der Waals surface area contributed by atoms with Crippen LogP contribution in [0.15, 0.2) is 28.1 Å². The summed E-state index contributed by atoms with van der Waals surface area (Å²) in [4.78, 5) is 15.0. The molecule has 0 fully saturated rings. The molecule has 14 heavy (non-hydrogen) atoms. The van der Waals surface area contributed by atoms with Gasteiger partial charge in [0, 0.05) is 23.4 Å². The van der Waals surface area contributed by atoms with E-state index in [0.717, 1.165) is 10.1 Å². The second-order valence-electron chi connectivity index (χ2n) is 2.26. The molecule has 0 radical (unpaired) electrons. The van der Waals surface area contributed by atoms with Crippen molar-refractivity contribution in [3.05, 3.63) is 23.7 Å². The molecule has 76 valence electrons. The number of thiazole rings is 1. The Hall–Kier alpha value is -0.810. The average Bonchev–Trinajstić information content (AvgIpc) is 2.65. The predicted molar refractivity (Wildman–Crippen MR) is 58.6 cm³/mol. The number of aromatic nitrogens is 1. The van der Waals surface area contributed by atoms with Gasteiger partial charge in [0.05, 0.1) is 6.61 Å². The van der Waals surface area contributed by atoms with Gasteiger partial charge in [0.2, 0.25) is 0 Å². The minimum absolute atomic E-state index is 0.285. The van der Waals surface area contributed by atoms with Crippen molar-refractivity contribution in [1.82, 2.24) is 4.98 Å². The Morgan fingerprint density at radius 1 is 1.79 bits per heavy atom. The highest BCUT2D eigenvalue weighted by atomic mass is 32.2. The number of thioether (sulfide) groups is 1. The third kappa shape index (κ3) is 4.43. The highest BCUT2D eigenvalue weighted by molar-refractivity contribution is 8.01. The van der Waals surface area contributed by atoms with Crippen LogP contribution >= 0.6 is 23.1 Å². The number of carbonyl (C=O) groups is 1. The van der Waals surface area contributed by atoms with Crippen molar-refractivity contribution in [2.24, 2.45) is 0 Å². The summed E-state index contributed by atoms with van der Waals surface area (Å²) < 4.78 is 5.74. The lowest BCUT2D eigenvalue weighted by Gasteiger charge is -1.94. The summed E-state index contributed by atoms with van der Waals surface area (Å²) in [7, 11) is 0. The first-order valence-electron chi connectivity index (χ1n) is 4.18. The molecule has 3 nitrogen and oxygen atoms in total. The maximum Gasteiger partial charge on any atom is 0.330 e. The van der Waals surface area contributed by atoms with E-state index in [4.69, 9.17) is 4.74 Å². The van der Waals surface area contributed by atoms with E-state index >= 15 is 0 Å². The van der Waals surface area contributed by atoms with E-state index in [9.17, 15) is 4.79 Å². The first-order valence-corrected chi connectivity index (χ1v) is 6.05. The fourth-order valence-corrected chi connectivity index (χ4v) is 2.21. The highest BCUT2D eigenvalue weighted by Crippen LogP contribution is 2.19. The lowest BCUT2D eigenvalue weighted by Crippen LogP contribution is -1.98. The van der Waals surface area contributed by atoms with Crippen LogP contribution in [0.4, 0.5) is 0 Å². The number of nitrogens with zero attached hydrogens (tertiary/aromatic N) is 1. The third-order valence-corrected chi connectivity index (χ3v) is 3.17. The number of hydrogen-bond donors (Lipinski definition) is 0. The Bertz CT molecular complexity index is 296. The first-order chi connectivity index (χ1) is 6.83. The lowest BCUT2D eigenvalue weighted by molar-refractivity contribution is -0.137. The number of hydrogen-bond acceptors (Lipinski definition) is 5. The summed E-state index contributed by atoms with van der Waals surface area (Å²) in [6.45, 7) is 2.21. The van der Waals surface area contributed by atoms with Gasteiger partial charge in [0.1, 0.15) is 4.34 Å². The standard InChI is InChI=1S/C9H11NO2S2/c1-2-12-8(11)4-3-6-13-9-10-5-7-14-9/h3-5,7H,2,6H2,1H3/b4-3+. The topological polar surface area (TPSA) is 39.2 Å². The van der Waals surface area contributed by atoms with E-state index < -0.39 is 0 Å². The molecule has 0 spiro atoms. The molecule has 1 heterocycles. The van der Waals surface area contributed by atoms with Gasteiger partial charge < -0.3 is 4.74 Å². The van der Waals surface area contributed by atoms with Crippen LogP contribution < -0.4 is 0 Å². The van der Waals surface area contributed by atoms with Crippen LogP contribution in [0.25, 0.3) is 0 Å². The van der Waals surface area contributed by atoms with Gasteiger partial charge in [-0.15, -0.1) is 11.3 Å². The van der Waals surface area contributed by atoms with Crippen LogP contribution in [0, 0.1) is 0 Å². The van der Waals surface area contributed by atoms with Crippen molar-refractivity contribution in [3.63, 3.8) is 0 Å². The van der Waals surface area contributed by atoms with Gasteiger partial charge in [-0.1, -0.05) is 17.8 Å². The van der Waals surface area contributed by atoms with Crippen molar-refractivity contribution < 1.29 is 9.53 Å². The molecule has 0 aliphatic rings. The lowest BCUT2D eigenvalue weighted by atomic mass is 10.5. The van der Waals surface area contributed by atoms with E-state index in [-0.39, 0.29) is 5.97 Å². The van der Waals surface area contributed by atoms with Crippen molar-refractivity contribution in [2.75, 3.05) is 12.4 Å². The summed E-state index contributed by atoms with van der Waals surface area (Å²) in [5.74, 6) is 0.457. The summed E-state index contributed by atoms with van der Waals surface area (Å²) in [6.07, 6.45) is 5.00. The zero-order valence-electron chi connectivity index (χ0n) is 7.80. The van der Waals surface area contributed by atoms with Crippen molar-refractivity contribution >= 4 is 29.1 Å². The smallest absolute Gasteiger partial charge is 0.330 e. The van der Waals surface area contributed by atoms with Crippen molar-refractivity contribution in [3.8, 4) is 0 Å². The third-order valence-electron chi connectivity index (χ3n) is 1.25. The summed E-state index contributed by atoms with van der Waals surface area (Å²) in [5, 5.41) is 1.93. The van der Waals surface area contributed by atoms with Crippen molar-refractivity contribution in [1.29, 1.82) is 0 Å². The van der Waals surface area contributed by atoms with Crippen LogP contribution in [0.2, 0.25) is 0 Å². The van der Waals surface area contributed by atoms with E-state index in [0.29, 0.717) is 6.61 Å². The Labute approximate surface area is 91.2 Å². The molecule has 0 bridgehead atoms. The number of rotatable bonds is 5. The number of carbonyl (C=O) groups excluding carboxylic acids is 1.